The van der Waals surface area contributed by atoms with Crippen LogP contribution in [0.3, 0.4) is 0 Å². The van der Waals surface area contributed by atoms with E-state index in [0.717, 1.165) is 12.2 Å². The van der Waals surface area contributed by atoms with E-state index in [9.17, 15) is 0 Å². The fraction of sp³-hybridized carbons (Fsp3) is 0.458. The summed E-state index contributed by atoms with van der Waals surface area (Å²) in [6, 6.07) is 15.2. The second-order valence-electron chi connectivity index (χ2n) is 9.18. The number of piperidine rings is 1. The Balaban J connectivity index is 1.52. The first kappa shape index (κ1) is 18.2. The van der Waals surface area contributed by atoms with Gasteiger partial charge in [-0.25, -0.2) is 4.98 Å². The molecule has 3 heterocycles. The Morgan fingerprint density at radius 3 is 2.44 bits per heavy atom. The Morgan fingerprint density at radius 1 is 1.00 bits per heavy atom. The summed E-state index contributed by atoms with van der Waals surface area (Å²) in [4.78, 5) is 7.34. The Hall–Kier alpha value is -2.13. The number of aromatic nitrogens is 2. The lowest BCUT2D eigenvalue weighted by Gasteiger charge is -2.36. The third-order valence-corrected chi connectivity index (χ3v) is 5.62. The van der Waals surface area contributed by atoms with Crippen molar-refractivity contribution >= 4 is 11.0 Å². The highest BCUT2D eigenvalue weighted by Gasteiger charge is 2.25. The van der Waals surface area contributed by atoms with Gasteiger partial charge in [0.15, 0.2) is 0 Å². The molecule has 0 atom stereocenters. The van der Waals surface area contributed by atoms with Gasteiger partial charge in [0.25, 0.3) is 0 Å². The molecule has 3 aromatic rings. The Bertz CT molecular complexity index is 881. The summed E-state index contributed by atoms with van der Waals surface area (Å²) in [6.07, 6.45) is 6.70. The van der Waals surface area contributed by atoms with E-state index in [0.29, 0.717) is 11.3 Å². The monoisotopic (exact) mass is 361 g/mol. The van der Waals surface area contributed by atoms with Crippen LogP contribution in [0.25, 0.3) is 11.0 Å². The van der Waals surface area contributed by atoms with E-state index in [4.69, 9.17) is 4.98 Å². The minimum absolute atomic E-state index is 0.380. The summed E-state index contributed by atoms with van der Waals surface area (Å²) in [6.45, 7) is 11.5. The average molecular weight is 362 g/mol. The van der Waals surface area contributed by atoms with Crippen LogP contribution in [0.4, 0.5) is 0 Å². The summed E-state index contributed by atoms with van der Waals surface area (Å²) in [5.74, 6) is 0.652. The third kappa shape index (κ3) is 4.24. The molecule has 0 saturated carbocycles. The van der Waals surface area contributed by atoms with E-state index < -0.39 is 0 Å². The number of benzene rings is 1. The Labute approximate surface area is 163 Å². The van der Waals surface area contributed by atoms with Crippen molar-refractivity contribution in [3.8, 4) is 0 Å². The molecule has 1 aliphatic rings. The largest absolute Gasteiger partial charge is 0.328 e. The van der Waals surface area contributed by atoms with Crippen molar-refractivity contribution in [2.75, 3.05) is 19.6 Å². The van der Waals surface area contributed by atoms with E-state index in [1.165, 1.54) is 49.0 Å². The predicted octanol–water partition coefficient (Wildman–Crippen LogP) is 5.31. The van der Waals surface area contributed by atoms with Crippen molar-refractivity contribution in [3.05, 3.63) is 66.0 Å². The number of pyridine rings is 1. The highest BCUT2D eigenvalue weighted by Crippen LogP contribution is 2.33. The maximum absolute atomic E-state index is 4.71. The van der Waals surface area contributed by atoms with Gasteiger partial charge in [0, 0.05) is 30.9 Å². The van der Waals surface area contributed by atoms with Crippen LogP contribution < -0.4 is 0 Å². The molecule has 0 spiro atoms. The first-order valence-corrected chi connectivity index (χ1v) is 10.2. The van der Waals surface area contributed by atoms with Crippen LogP contribution in [0.1, 0.15) is 50.7 Å². The van der Waals surface area contributed by atoms with Gasteiger partial charge in [-0.1, -0.05) is 51.1 Å². The first-order valence-electron chi connectivity index (χ1n) is 10.2. The van der Waals surface area contributed by atoms with Gasteiger partial charge in [0.1, 0.15) is 5.65 Å². The summed E-state index contributed by atoms with van der Waals surface area (Å²) < 4.78 is 2.28. The number of nitrogens with zero attached hydrogens (tertiary/aromatic N) is 3. The molecule has 1 saturated heterocycles. The van der Waals surface area contributed by atoms with Crippen LogP contribution in [0.5, 0.6) is 0 Å². The van der Waals surface area contributed by atoms with Crippen molar-refractivity contribution in [2.45, 2.75) is 46.1 Å². The van der Waals surface area contributed by atoms with Gasteiger partial charge in [0.05, 0.1) is 0 Å². The van der Waals surface area contributed by atoms with Gasteiger partial charge in [0.2, 0.25) is 0 Å². The maximum atomic E-state index is 4.71. The molecule has 0 radical (unpaired) electrons. The van der Waals surface area contributed by atoms with Gasteiger partial charge in [-0.15, -0.1) is 0 Å². The fourth-order valence-electron chi connectivity index (χ4n) is 4.45. The number of hydrogen-bond acceptors (Lipinski definition) is 2. The van der Waals surface area contributed by atoms with Gasteiger partial charge in [-0.05, 0) is 60.5 Å². The van der Waals surface area contributed by atoms with E-state index in [1.807, 2.05) is 6.20 Å². The fourth-order valence-corrected chi connectivity index (χ4v) is 4.45. The maximum Gasteiger partial charge on any atom is 0.140 e. The molecule has 0 unspecified atom stereocenters. The molecular weight excluding hydrogens is 330 g/mol. The van der Waals surface area contributed by atoms with Crippen molar-refractivity contribution in [3.63, 3.8) is 0 Å². The van der Waals surface area contributed by atoms with Crippen LogP contribution in [-0.4, -0.2) is 34.1 Å². The molecule has 3 heteroatoms. The molecule has 1 aliphatic heterocycles. The predicted molar refractivity (Wildman–Crippen MR) is 113 cm³/mol. The highest BCUT2D eigenvalue weighted by atomic mass is 15.1. The summed E-state index contributed by atoms with van der Waals surface area (Å²) >= 11 is 0. The second-order valence-corrected chi connectivity index (χ2v) is 9.18. The van der Waals surface area contributed by atoms with Crippen molar-refractivity contribution in [1.82, 2.24) is 14.5 Å². The quantitative estimate of drug-likeness (QED) is 0.628. The van der Waals surface area contributed by atoms with Gasteiger partial charge in [-0.3, -0.25) is 0 Å². The zero-order valence-electron chi connectivity index (χ0n) is 16.9. The average Bonchev–Trinajstić information content (AvgIpc) is 3.05. The lowest BCUT2D eigenvalue weighted by Crippen LogP contribution is -2.38. The topological polar surface area (TPSA) is 21.1 Å². The van der Waals surface area contributed by atoms with E-state index in [2.05, 4.69) is 78.9 Å². The summed E-state index contributed by atoms with van der Waals surface area (Å²) in [7, 11) is 0. The Morgan fingerprint density at radius 2 is 1.74 bits per heavy atom. The molecule has 0 bridgehead atoms. The molecule has 27 heavy (non-hydrogen) atoms. The minimum atomic E-state index is 0.380. The SMILES string of the molecule is CC(C)(C)CN1CCC(c2ccnc3c2ccn3Cc2ccccc2)CC1. The lowest BCUT2D eigenvalue weighted by molar-refractivity contribution is 0.154. The van der Waals surface area contributed by atoms with Crippen LogP contribution in [-0.2, 0) is 6.54 Å². The second kappa shape index (κ2) is 7.47. The van der Waals surface area contributed by atoms with Gasteiger partial charge < -0.3 is 9.47 Å². The van der Waals surface area contributed by atoms with Gasteiger partial charge in [-0.2, -0.15) is 0 Å². The number of rotatable bonds is 4. The molecular formula is C24H31N3. The molecule has 0 amide bonds. The third-order valence-electron chi connectivity index (χ3n) is 5.62. The Kier molecular flexibility index (Phi) is 5.05. The molecule has 4 rings (SSSR count). The van der Waals surface area contributed by atoms with Gasteiger partial charge >= 0.3 is 0 Å². The molecule has 0 aliphatic carbocycles. The molecule has 1 aromatic carbocycles. The zero-order valence-corrected chi connectivity index (χ0v) is 16.9. The van der Waals surface area contributed by atoms with E-state index in [-0.39, 0.29) is 0 Å². The van der Waals surface area contributed by atoms with E-state index in [1.54, 1.807) is 0 Å². The lowest BCUT2D eigenvalue weighted by atomic mass is 9.87. The summed E-state index contributed by atoms with van der Waals surface area (Å²) in [5.41, 5.74) is 4.30. The van der Waals surface area contributed by atoms with Crippen LogP contribution >= 0.6 is 0 Å². The number of likely N-dealkylation sites (tertiary alicyclic amines) is 1. The highest BCUT2D eigenvalue weighted by molar-refractivity contribution is 5.80. The molecule has 142 valence electrons. The zero-order chi connectivity index (χ0) is 18.9. The standard InChI is InChI=1S/C24H31N3/c1-24(2,3)18-26-14-10-20(11-15-26)21-9-13-25-23-22(21)12-16-27(23)17-19-7-5-4-6-8-19/h4-9,12-13,16,20H,10-11,14-15,17-18H2,1-3H3. The smallest absolute Gasteiger partial charge is 0.140 e. The van der Waals surface area contributed by atoms with E-state index >= 15 is 0 Å². The number of hydrogen-bond donors (Lipinski definition) is 0. The first-order chi connectivity index (χ1) is 13.0. The number of fused-ring (bicyclic) bond motifs is 1. The minimum Gasteiger partial charge on any atom is -0.328 e. The van der Waals surface area contributed by atoms with Crippen LogP contribution in [0, 0.1) is 5.41 Å². The molecule has 0 N–H and O–H groups in total. The molecule has 1 fully saturated rings. The van der Waals surface area contributed by atoms with Crippen molar-refractivity contribution in [2.24, 2.45) is 5.41 Å². The van der Waals surface area contributed by atoms with Crippen molar-refractivity contribution < 1.29 is 0 Å². The molecule has 2 aromatic heterocycles. The van der Waals surface area contributed by atoms with Crippen LogP contribution in [0.15, 0.2) is 54.9 Å². The van der Waals surface area contributed by atoms with Crippen LogP contribution in [0.2, 0.25) is 0 Å². The molecule has 3 nitrogen and oxygen atoms in total. The normalized spacial score (nSPS) is 16.9. The summed E-state index contributed by atoms with van der Waals surface area (Å²) in [5, 5.41) is 1.34. The van der Waals surface area contributed by atoms with Crippen molar-refractivity contribution in [1.29, 1.82) is 0 Å².